The number of ether oxygens (including phenoxy) is 2. The van der Waals surface area contributed by atoms with Gasteiger partial charge in [-0.15, -0.1) is 0 Å². The number of amides is 1. The lowest BCUT2D eigenvalue weighted by molar-refractivity contribution is -0.127. The Hall–Kier alpha value is -2.01. The van der Waals surface area contributed by atoms with E-state index in [0.29, 0.717) is 12.3 Å². The molecule has 116 valence electrons. The van der Waals surface area contributed by atoms with Gasteiger partial charge in [0.1, 0.15) is 11.5 Å². The molecule has 22 heavy (non-hydrogen) atoms. The van der Waals surface area contributed by atoms with Crippen LogP contribution >= 0.6 is 15.9 Å². The van der Waals surface area contributed by atoms with Crippen LogP contribution in [0.3, 0.4) is 0 Å². The van der Waals surface area contributed by atoms with Gasteiger partial charge in [-0.25, -0.2) is 0 Å². The summed E-state index contributed by atoms with van der Waals surface area (Å²) in [5, 5.41) is 2.85. The van der Waals surface area contributed by atoms with Crippen molar-refractivity contribution in [1.82, 2.24) is 5.32 Å². The third-order valence-electron chi connectivity index (χ3n) is 3.12. The van der Waals surface area contributed by atoms with Gasteiger partial charge >= 0.3 is 0 Å². The Kier molecular flexibility index (Phi) is 5.83. The van der Waals surface area contributed by atoms with Gasteiger partial charge < -0.3 is 14.8 Å². The highest BCUT2D eigenvalue weighted by Gasteiger charge is 2.14. The molecule has 2 aromatic carbocycles. The summed E-state index contributed by atoms with van der Waals surface area (Å²) in [4.78, 5) is 12.0. The number of hydrogen-bond acceptors (Lipinski definition) is 3. The zero-order valence-corrected chi connectivity index (χ0v) is 14.1. The average Bonchev–Trinajstić information content (AvgIpc) is 2.55. The fourth-order valence-electron chi connectivity index (χ4n) is 1.85. The van der Waals surface area contributed by atoms with E-state index in [-0.39, 0.29) is 5.91 Å². The predicted octanol–water partition coefficient (Wildman–Crippen LogP) is 3.54. The van der Waals surface area contributed by atoms with E-state index in [1.54, 1.807) is 14.0 Å². The fraction of sp³-hybridized carbons (Fsp3) is 0.235. The van der Waals surface area contributed by atoms with E-state index in [1.165, 1.54) is 0 Å². The van der Waals surface area contributed by atoms with Crippen molar-refractivity contribution in [2.24, 2.45) is 0 Å². The van der Waals surface area contributed by atoms with E-state index in [4.69, 9.17) is 9.47 Å². The molecule has 2 aromatic rings. The van der Waals surface area contributed by atoms with Gasteiger partial charge in [-0.3, -0.25) is 4.79 Å². The maximum absolute atomic E-state index is 12.0. The second-order valence-corrected chi connectivity index (χ2v) is 5.70. The summed E-state index contributed by atoms with van der Waals surface area (Å²) in [5.41, 5.74) is 1.00. The first kappa shape index (κ1) is 16.4. The largest absolute Gasteiger partial charge is 0.497 e. The highest BCUT2D eigenvalue weighted by atomic mass is 79.9. The predicted molar refractivity (Wildman–Crippen MR) is 89.1 cm³/mol. The Morgan fingerprint density at radius 1 is 1.09 bits per heavy atom. The second-order valence-electron chi connectivity index (χ2n) is 4.78. The second kappa shape index (κ2) is 7.84. The Labute approximate surface area is 138 Å². The van der Waals surface area contributed by atoms with Crippen LogP contribution in [-0.4, -0.2) is 19.1 Å². The van der Waals surface area contributed by atoms with Crippen molar-refractivity contribution in [3.8, 4) is 11.5 Å². The summed E-state index contributed by atoms with van der Waals surface area (Å²) in [6, 6.07) is 14.9. The SMILES string of the molecule is COc1ccc(CNC(=O)C(C)Oc2ccc(Br)cc2)cc1. The lowest BCUT2D eigenvalue weighted by Gasteiger charge is -2.15. The summed E-state index contributed by atoms with van der Waals surface area (Å²) < 4.78 is 11.7. The molecule has 1 N–H and O–H groups in total. The van der Waals surface area contributed by atoms with Crippen LogP contribution in [0.4, 0.5) is 0 Å². The smallest absolute Gasteiger partial charge is 0.261 e. The van der Waals surface area contributed by atoms with E-state index in [9.17, 15) is 4.79 Å². The van der Waals surface area contributed by atoms with Crippen LogP contribution in [-0.2, 0) is 11.3 Å². The topological polar surface area (TPSA) is 47.6 Å². The molecular weight excluding hydrogens is 346 g/mol. The summed E-state index contributed by atoms with van der Waals surface area (Å²) >= 11 is 3.36. The summed E-state index contributed by atoms with van der Waals surface area (Å²) in [5.74, 6) is 1.30. The summed E-state index contributed by atoms with van der Waals surface area (Å²) in [6.45, 7) is 2.18. The lowest BCUT2D eigenvalue weighted by Crippen LogP contribution is -2.35. The van der Waals surface area contributed by atoms with Crippen LogP contribution in [0, 0.1) is 0 Å². The van der Waals surface area contributed by atoms with E-state index in [1.807, 2.05) is 48.5 Å². The van der Waals surface area contributed by atoms with Crippen molar-refractivity contribution in [2.45, 2.75) is 19.6 Å². The Bertz CT molecular complexity index is 611. The van der Waals surface area contributed by atoms with Crippen LogP contribution < -0.4 is 14.8 Å². The molecule has 0 heterocycles. The van der Waals surface area contributed by atoms with Crippen LogP contribution in [0.15, 0.2) is 53.0 Å². The van der Waals surface area contributed by atoms with Gasteiger partial charge in [0.2, 0.25) is 0 Å². The fourth-order valence-corrected chi connectivity index (χ4v) is 2.11. The third-order valence-corrected chi connectivity index (χ3v) is 3.65. The lowest BCUT2D eigenvalue weighted by atomic mass is 10.2. The standard InChI is InChI=1S/C17H18BrNO3/c1-12(22-16-9-5-14(18)6-10-16)17(20)19-11-13-3-7-15(21-2)8-4-13/h3-10,12H,11H2,1-2H3,(H,19,20). The monoisotopic (exact) mass is 363 g/mol. The third kappa shape index (κ3) is 4.77. The van der Waals surface area contributed by atoms with Gasteiger partial charge in [0.05, 0.1) is 7.11 Å². The molecule has 1 unspecified atom stereocenters. The molecule has 4 nitrogen and oxygen atoms in total. The molecule has 1 atom stereocenters. The summed E-state index contributed by atoms with van der Waals surface area (Å²) in [7, 11) is 1.62. The molecule has 0 aliphatic heterocycles. The minimum Gasteiger partial charge on any atom is -0.497 e. The molecule has 0 fully saturated rings. The quantitative estimate of drug-likeness (QED) is 0.853. The molecule has 0 aliphatic rings. The van der Waals surface area contributed by atoms with Crippen molar-refractivity contribution in [3.05, 3.63) is 58.6 Å². The van der Waals surface area contributed by atoms with Crippen LogP contribution in [0.25, 0.3) is 0 Å². The number of methoxy groups -OCH3 is 1. The first-order chi connectivity index (χ1) is 10.6. The van der Waals surface area contributed by atoms with E-state index in [2.05, 4.69) is 21.2 Å². The van der Waals surface area contributed by atoms with Gasteiger partial charge in [0, 0.05) is 11.0 Å². The Morgan fingerprint density at radius 3 is 2.27 bits per heavy atom. The first-order valence-corrected chi connectivity index (χ1v) is 7.70. The van der Waals surface area contributed by atoms with Crippen LogP contribution in [0.1, 0.15) is 12.5 Å². The maximum atomic E-state index is 12.0. The van der Waals surface area contributed by atoms with Crippen LogP contribution in [0.5, 0.6) is 11.5 Å². The highest BCUT2D eigenvalue weighted by molar-refractivity contribution is 9.10. The van der Waals surface area contributed by atoms with Gasteiger partial charge in [0.15, 0.2) is 6.10 Å². The molecular formula is C17H18BrNO3. The van der Waals surface area contributed by atoms with Crippen molar-refractivity contribution in [1.29, 1.82) is 0 Å². The number of carbonyl (C=O) groups excluding carboxylic acids is 1. The van der Waals surface area contributed by atoms with Crippen molar-refractivity contribution >= 4 is 21.8 Å². The Morgan fingerprint density at radius 2 is 1.68 bits per heavy atom. The molecule has 0 saturated carbocycles. The molecule has 0 radical (unpaired) electrons. The molecule has 0 aliphatic carbocycles. The first-order valence-electron chi connectivity index (χ1n) is 6.91. The number of benzene rings is 2. The number of nitrogens with one attached hydrogen (secondary N) is 1. The minimum absolute atomic E-state index is 0.154. The van der Waals surface area contributed by atoms with Crippen molar-refractivity contribution < 1.29 is 14.3 Å². The van der Waals surface area contributed by atoms with Gasteiger partial charge in [-0.05, 0) is 48.9 Å². The van der Waals surface area contributed by atoms with Gasteiger partial charge in [-0.1, -0.05) is 28.1 Å². The molecule has 0 saturated heterocycles. The van der Waals surface area contributed by atoms with Crippen LogP contribution in [0.2, 0.25) is 0 Å². The van der Waals surface area contributed by atoms with E-state index >= 15 is 0 Å². The van der Waals surface area contributed by atoms with E-state index in [0.717, 1.165) is 15.8 Å². The number of hydrogen-bond donors (Lipinski definition) is 1. The molecule has 1 amide bonds. The minimum atomic E-state index is -0.556. The maximum Gasteiger partial charge on any atom is 0.261 e. The molecule has 5 heteroatoms. The van der Waals surface area contributed by atoms with E-state index < -0.39 is 6.10 Å². The number of rotatable bonds is 6. The normalized spacial score (nSPS) is 11.6. The molecule has 0 spiro atoms. The summed E-state index contributed by atoms with van der Waals surface area (Å²) in [6.07, 6.45) is -0.556. The number of carbonyl (C=O) groups is 1. The van der Waals surface area contributed by atoms with Gasteiger partial charge in [-0.2, -0.15) is 0 Å². The molecule has 0 bridgehead atoms. The Balaban J connectivity index is 1.84. The van der Waals surface area contributed by atoms with Crippen molar-refractivity contribution in [3.63, 3.8) is 0 Å². The van der Waals surface area contributed by atoms with Gasteiger partial charge in [0.25, 0.3) is 5.91 Å². The highest BCUT2D eigenvalue weighted by Crippen LogP contribution is 2.17. The molecule has 0 aromatic heterocycles. The average molecular weight is 364 g/mol. The zero-order chi connectivity index (χ0) is 15.9. The zero-order valence-electron chi connectivity index (χ0n) is 12.5. The molecule has 2 rings (SSSR count). The van der Waals surface area contributed by atoms with Crippen molar-refractivity contribution in [2.75, 3.05) is 7.11 Å². The number of halogens is 1.